The molecule has 0 spiro atoms. The highest BCUT2D eigenvalue weighted by Crippen LogP contribution is 2.10. The van der Waals surface area contributed by atoms with E-state index in [-0.39, 0.29) is 11.1 Å². The van der Waals surface area contributed by atoms with Crippen LogP contribution in [-0.4, -0.2) is 32.2 Å². The van der Waals surface area contributed by atoms with Gasteiger partial charge in [-0.05, 0) is 35.5 Å². The molecular weight excluding hydrogens is 274 g/mol. The van der Waals surface area contributed by atoms with Gasteiger partial charge in [0.2, 0.25) is 0 Å². The number of para-hydroxylation sites is 1. The Bertz CT molecular complexity index is 841. The second-order valence-electron chi connectivity index (χ2n) is 4.22. The van der Waals surface area contributed by atoms with Crippen LogP contribution in [0.3, 0.4) is 0 Å². The van der Waals surface area contributed by atoms with Crippen molar-refractivity contribution in [1.82, 2.24) is 15.2 Å². The van der Waals surface area contributed by atoms with Crippen LogP contribution in [0.15, 0.2) is 48.5 Å². The van der Waals surface area contributed by atoms with Crippen LogP contribution in [0.2, 0.25) is 0 Å². The number of benzene rings is 2. The molecule has 0 bridgehead atoms. The number of carbonyl (C=O) groups is 2. The van der Waals surface area contributed by atoms with E-state index >= 15 is 0 Å². The molecule has 0 aliphatic rings. The number of aromatic carboxylic acids is 1. The molecule has 2 aromatic carbocycles. The molecule has 0 aliphatic carbocycles. The maximum Gasteiger partial charge on any atom is 0.365 e. The van der Waals surface area contributed by atoms with Gasteiger partial charge in [-0.1, -0.05) is 23.0 Å². The van der Waals surface area contributed by atoms with Gasteiger partial charge in [0.05, 0.1) is 11.1 Å². The molecule has 0 amide bonds. The van der Waals surface area contributed by atoms with Crippen molar-refractivity contribution >= 4 is 23.0 Å². The third-order valence-corrected chi connectivity index (χ3v) is 2.84. The second-order valence-corrected chi connectivity index (χ2v) is 4.22. The van der Waals surface area contributed by atoms with Gasteiger partial charge in [-0.2, -0.15) is 0 Å². The minimum atomic E-state index is -1.11. The summed E-state index contributed by atoms with van der Waals surface area (Å²) >= 11 is 0. The molecule has 3 rings (SSSR count). The fourth-order valence-electron chi connectivity index (χ4n) is 1.83. The average Bonchev–Trinajstić information content (AvgIpc) is 2.91. The number of rotatable bonds is 3. The van der Waals surface area contributed by atoms with Crippen LogP contribution in [0.4, 0.5) is 0 Å². The molecule has 0 unspecified atom stereocenters. The van der Waals surface area contributed by atoms with E-state index in [1.54, 1.807) is 24.3 Å². The average molecular weight is 283 g/mol. The smallest absolute Gasteiger partial charge is 0.365 e. The normalized spacial score (nSPS) is 10.5. The van der Waals surface area contributed by atoms with Gasteiger partial charge in [-0.15, -0.1) is 5.10 Å². The number of carboxylic acids is 1. The lowest BCUT2D eigenvalue weighted by molar-refractivity contribution is 0.0409. The van der Waals surface area contributed by atoms with Gasteiger partial charge in [-0.25, -0.2) is 9.59 Å². The molecule has 104 valence electrons. The topological polar surface area (TPSA) is 94.3 Å². The molecule has 0 saturated carbocycles. The molecule has 0 aliphatic heterocycles. The molecule has 21 heavy (non-hydrogen) atoms. The number of hydrogen-bond acceptors (Lipinski definition) is 5. The molecule has 1 N–H and O–H groups in total. The Morgan fingerprint density at radius 3 is 2.62 bits per heavy atom. The van der Waals surface area contributed by atoms with Crippen molar-refractivity contribution < 1.29 is 19.5 Å². The monoisotopic (exact) mass is 283 g/mol. The molecule has 1 heterocycles. The molecule has 0 radical (unpaired) electrons. The summed E-state index contributed by atoms with van der Waals surface area (Å²) in [7, 11) is 0. The zero-order valence-electron chi connectivity index (χ0n) is 10.6. The molecule has 7 heteroatoms. The number of hydrogen-bond donors (Lipinski definition) is 1. The van der Waals surface area contributed by atoms with Crippen LogP contribution in [0.5, 0.6) is 0 Å². The van der Waals surface area contributed by atoms with E-state index in [4.69, 9.17) is 9.94 Å². The van der Waals surface area contributed by atoms with Crippen LogP contribution in [0.1, 0.15) is 20.7 Å². The van der Waals surface area contributed by atoms with E-state index in [2.05, 4.69) is 10.3 Å². The molecule has 0 atom stereocenters. The van der Waals surface area contributed by atoms with Crippen LogP contribution in [-0.2, 0) is 0 Å². The third-order valence-electron chi connectivity index (χ3n) is 2.84. The van der Waals surface area contributed by atoms with Crippen molar-refractivity contribution in [2.45, 2.75) is 0 Å². The largest absolute Gasteiger partial charge is 0.478 e. The van der Waals surface area contributed by atoms with Crippen molar-refractivity contribution in [2.24, 2.45) is 0 Å². The van der Waals surface area contributed by atoms with Crippen LogP contribution >= 0.6 is 0 Å². The van der Waals surface area contributed by atoms with Crippen molar-refractivity contribution in [3.05, 3.63) is 59.7 Å². The second kappa shape index (κ2) is 5.04. The first-order valence-electron chi connectivity index (χ1n) is 6.01. The Balaban J connectivity index is 1.89. The quantitative estimate of drug-likeness (QED) is 0.730. The van der Waals surface area contributed by atoms with Crippen molar-refractivity contribution in [1.29, 1.82) is 0 Å². The summed E-state index contributed by atoms with van der Waals surface area (Å²) < 4.78 is 0. The molecule has 7 nitrogen and oxygen atoms in total. The predicted octanol–water partition coefficient (Wildman–Crippen LogP) is 1.40. The molecule has 0 saturated heterocycles. The number of fused-ring (bicyclic) bond motifs is 1. The highest BCUT2D eigenvalue weighted by Gasteiger charge is 2.14. The molecule has 0 fully saturated rings. The molecular formula is C14H9N3O4. The summed E-state index contributed by atoms with van der Waals surface area (Å²) in [5, 5.41) is 16.5. The van der Waals surface area contributed by atoms with E-state index in [1.807, 2.05) is 0 Å². The summed E-state index contributed by atoms with van der Waals surface area (Å²) in [4.78, 5) is 29.0. The minimum Gasteiger partial charge on any atom is -0.478 e. The van der Waals surface area contributed by atoms with Gasteiger partial charge in [0.15, 0.2) is 0 Å². The number of nitrogens with zero attached hydrogens (tertiary/aromatic N) is 3. The summed E-state index contributed by atoms with van der Waals surface area (Å²) in [6, 6.07) is 12.6. The summed E-state index contributed by atoms with van der Waals surface area (Å²) in [6.45, 7) is 0. The van der Waals surface area contributed by atoms with E-state index in [0.717, 1.165) is 4.85 Å². The maximum absolute atomic E-state index is 12.0. The van der Waals surface area contributed by atoms with Gasteiger partial charge in [-0.3, -0.25) is 0 Å². The van der Waals surface area contributed by atoms with E-state index in [9.17, 15) is 9.59 Å². The SMILES string of the molecule is O=C(O)c1cccc(C(=O)On2nnc3ccccc32)c1. The molecule has 3 aromatic rings. The van der Waals surface area contributed by atoms with Crippen molar-refractivity contribution in [2.75, 3.05) is 0 Å². The number of carboxylic acid groups (broad SMARTS) is 1. The maximum atomic E-state index is 12.0. The standard InChI is InChI=1S/C14H9N3O4/c18-13(19)9-4-3-5-10(8-9)14(20)21-17-12-7-2-1-6-11(12)15-16-17/h1-8H,(H,18,19). The lowest BCUT2D eigenvalue weighted by Gasteiger charge is -2.04. The summed E-state index contributed by atoms with van der Waals surface area (Å²) in [6.07, 6.45) is 0. The van der Waals surface area contributed by atoms with Gasteiger partial charge < -0.3 is 9.94 Å². The lowest BCUT2D eigenvalue weighted by atomic mass is 10.1. The fraction of sp³-hybridized carbons (Fsp3) is 0. The zero-order chi connectivity index (χ0) is 14.8. The van der Waals surface area contributed by atoms with Crippen LogP contribution in [0, 0.1) is 0 Å². The van der Waals surface area contributed by atoms with E-state index in [1.165, 1.54) is 24.3 Å². The number of aromatic nitrogens is 3. The summed E-state index contributed by atoms with van der Waals surface area (Å²) in [5.41, 5.74) is 1.26. The predicted molar refractivity (Wildman–Crippen MR) is 71.8 cm³/mol. The van der Waals surface area contributed by atoms with Crippen molar-refractivity contribution in [3.63, 3.8) is 0 Å². The highest BCUT2D eigenvalue weighted by molar-refractivity contribution is 5.94. The van der Waals surface area contributed by atoms with Gasteiger partial charge >= 0.3 is 11.9 Å². The van der Waals surface area contributed by atoms with Crippen molar-refractivity contribution in [3.8, 4) is 0 Å². The number of carbonyl (C=O) groups excluding carboxylic acids is 1. The Kier molecular flexibility index (Phi) is 3.07. The Hall–Kier alpha value is -3.22. The van der Waals surface area contributed by atoms with E-state index in [0.29, 0.717) is 11.0 Å². The Labute approximate surface area is 118 Å². The summed E-state index contributed by atoms with van der Waals surface area (Å²) in [5.74, 6) is -1.83. The fourth-order valence-corrected chi connectivity index (χ4v) is 1.83. The Morgan fingerprint density at radius 1 is 1.05 bits per heavy atom. The first-order chi connectivity index (χ1) is 10.1. The minimum absolute atomic E-state index is 0.00731. The van der Waals surface area contributed by atoms with Crippen LogP contribution in [0.25, 0.3) is 11.0 Å². The first-order valence-corrected chi connectivity index (χ1v) is 6.01. The van der Waals surface area contributed by atoms with Gasteiger partial charge in [0.25, 0.3) is 0 Å². The molecule has 1 aromatic heterocycles. The first kappa shape index (κ1) is 12.8. The zero-order valence-corrected chi connectivity index (χ0v) is 10.6. The highest BCUT2D eigenvalue weighted by atomic mass is 16.7. The van der Waals surface area contributed by atoms with Gasteiger partial charge in [0, 0.05) is 0 Å². The van der Waals surface area contributed by atoms with Crippen LogP contribution < -0.4 is 4.84 Å². The Morgan fingerprint density at radius 2 is 1.81 bits per heavy atom. The van der Waals surface area contributed by atoms with Gasteiger partial charge in [0.1, 0.15) is 11.0 Å². The lowest BCUT2D eigenvalue weighted by Crippen LogP contribution is -2.21. The third kappa shape index (κ3) is 2.44. The van der Waals surface area contributed by atoms with E-state index < -0.39 is 11.9 Å².